The minimum Gasteiger partial charge on any atom is -0.297 e. The highest BCUT2D eigenvalue weighted by Gasteiger charge is 2.16. The van der Waals surface area contributed by atoms with Crippen molar-refractivity contribution in [1.82, 2.24) is 9.80 Å². The van der Waals surface area contributed by atoms with Crippen molar-refractivity contribution < 1.29 is 0 Å². The quantitative estimate of drug-likeness (QED) is 0.257. The molecule has 4 aromatic rings. The molecule has 1 aliphatic rings. The largest absolute Gasteiger partial charge is 0.297 e. The van der Waals surface area contributed by atoms with Crippen molar-refractivity contribution in [1.29, 1.82) is 0 Å². The van der Waals surface area contributed by atoms with Crippen molar-refractivity contribution in [3.8, 4) is 0 Å². The zero-order valence-electron chi connectivity index (χ0n) is 17.9. The first-order valence-electron chi connectivity index (χ1n) is 10.8. The number of rotatable bonds is 8. The van der Waals surface area contributed by atoms with Crippen LogP contribution < -0.4 is 0 Å². The van der Waals surface area contributed by atoms with Gasteiger partial charge in [-0.2, -0.15) is 45.3 Å². The molecule has 2 nitrogen and oxygen atoms in total. The second-order valence-corrected chi connectivity index (χ2v) is 11.0. The molecule has 5 heterocycles. The molecule has 0 aliphatic carbocycles. The van der Waals surface area contributed by atoms with Crippen molar-refractivity contribution in [2.24, 2.45) is 0 Å². The van der Waals surface area contributed by atoms with E-state index in [-0.39, 0.29) is 0 Å². The minimum absolute atomic E-state index is 1.01. The van der Waals surface area contributed by atoms with E-state index in [9.17, 15) is 0 Å². The first kappa shape index (κ1) is 22.0. The second kappa shape index (κ2) is 10.9. The van der Waals surface area contributed by atoms with Gasteiger partial charge in [-0.05, 0) is 101 Å². The summed E-state index contributed by atoms with van der Waals surface area (Å²) in [6, 6.07) is 8.93. The van der Waals surface area contributed by atoms with Gasteiger partial charge in [-0.3, -0.25) is 9.80 Å². The van der Waals surface area contributed by atoms with E-state index in [1.807, 2.05) is 0 Å². The van der Waals surface area contributed by atoms with Crippen LogP contribution in [0.3, 0.4) is 0 Å². The van der Waals surface area contributed by atoms with E-state index in [1.54, 1.807) is 45.3 Å². The summed E-state index contributed by atoms with van der Waals surface area (Å²) < 4.78 is 0. The summed E-state index contributed by atoms with van der Waals surface area (Å²) in [5.41, 5.74) is 8.10. The van der Waals surface area contributed by atoms with Gasteiger partial charge in [-0.15, -0.1) is 0 Å². The Bertz CT molecular complexity index is 948. The Kier molecular flexibility index (Phi) is 7.48. The monoisotopic (exact) mass is 494 g/mol. The highest BCUT2D eigenvalue weighted by Crippen LogP contribution is 2.28. The van der Waals surface area contributed by atoms with Crippen LogP contribution in [0.5, 0.6) is 0 Å². The molecule has 164 valence electrons. The summed E-state index contributed by atoms with van der Waals surface area (Å²) in [6.45, 7) is 6.52. The van der Waals surface area contributed by atoms with Crippen LogP contribution in [0.4, 0.5) is 0 Å². The standard InChI is InChI=1S/C26H26N2S4/c1(25(21-3-13-29-17-21)22-4-14-30-18-22)7-27-9-11-28(12-10-27)8-2-26(23-5-15-31-19-23)24-6-16-32-20-24/h1-6,13-20H,7-12H2. The molecule has 1 aliphatic heterocycles. The highest BCUT2D eigenvalue weighted by atomic mass is 32.1. The molecule has 0 radical (unpaired) electrons. The molecule has 0 bridgehead atoms. The van der Waals surface area contributed by atoms with E-state index in [4.69, 9.17) is 0 Å². The average Bonchev–Trinajstić information content (AvgIpc) is 3.65. The number of piperazine rings is 1. The molecule has 0 amide bonds. The number of thiophene rings is 4. The van der Waals surface area contributed by atoms with E-state index in [1.165, 1.54) is 33.4 Å². The van der Waals surface area contributed by atoms with Gasteiger partial charge >= 0.3 is 0 Å². The molecule has 0 N–H and O–H groups in total. The molecule has 32 heavy (non-hydrogen) atoms. The second-order valence-electron chi connectivity index (χ2n) is 7.88. The van der Waals surface area contributed by atoms with Gasteiger partial charge in [0.15, 0.2) is 0 Å². The highest BCUT2D eigenvalue weighted by molar-refractivity contribution is 7.09. The van der Waals surface area contributed by atoms with Gasteiger partial charge in [0, 0.05) is 39.3 Å². The van der Waals surface area contributed by atoms with E-state index in [0.29, 0.717) is 0 Å². The van der Waals surface area contributed by atoms with Crippen molar-refractivity contribution in [3.05, 3.63) is 102 Å². The van der Waals surface area contributed by atoms with Crippen LogP contribution in [-0.4, -0.2) is 49.1 Å². The van der Waals surface area contributed by atoms with Crippen LogP contribution in [0.25, 0.3) is 11.1 Å². The van der Waals surface area contributed by atoms with Crippen LogP contribution >= 0.6 is 45.3 Å². The lowest BCUT2D eigenvalue weighted by Gasteiger charge is -2.33. The predicted molar refractivity (Wildman–Crippen MR) is 144 cm³/mol. The van der Waals surface area contributed by atoms with Crippen molar-refractivity contribution in [2.45, 2.75) is 0 Å². The third-order valence-corrected chi connectivity index (χ3v) is 8.63. The Morgan fingerprint density at radius 3 is 1.12 bits per heavy atom. The smallest absolute Gasteiger partial charge is 0.0173 e. The lowest BCUT2D eigenvalue weighted by molar-refractivity contribution is 0.154. The fourth-order valence-electron chi connectivity index (χ4n) is 4.07. The van der Waals surface area contributed by atoms with Crippen LogP contribution in [0.15, 0.2) is 79.5 Å². The zero-order valence-corrected chi connectivity index (χ0v) is 21.1. The molecular weight excluding hydrogens is 469 g/mol. The summed E-state index contributed by atoms with van der Waals surface area (Å²) in [5, 5.41) is 17.7. The van der Waals surface area contributed by atoms with Gasteiger partial charge in [-0.1, -0.05) is 12.2 Å². The molecule has 4 aromatic heterocycles. The Labute approximate surface area is 206 Å². The van der Waals surface area contributed by atoms with Gasteiger partial charge in [0.05, 0.1) is 0 Å². The van der Waals surface area contributed by atoms with Crippen molar-refractivity contribution in [3.63, 3.8) is 0 Å². The summed E-state index contributed by atoms with van der Waals surface area (Å²) in [4.78, 5) is 5.16. The fraction of sp³-hybridized carbons (Fsp3) is 0.231. The zero-order chi connectivity index (χ0) is 21.6. The summed E-state index contributed by atoms with van der Waals surface area (Å²) in [5.74, 6) is 0. The van der Waals surface area contributed by atoms with Crippen molar-refractivity contribution in [2.75, 3.05) is 39.3 Å². The molecule has 6 heteroatoms. The molecule has 5 rings (SSSR count). The summed E-state index contributed by atoms with van der Waals surface area (Å²) in [7, 11) is 0. The molecule has 0 aromatic carbocycles. The Balaban J connectivity index is 1.20. The first-order chi connectivity index (χ1) is 15.9. The maximum atomic E-state index is 2.58. The maximum absolute atomic E-state index is 2.58. The van der Waals surface area contributed by atoms with Crippen LogP contribution in [-0.2, 0) is 0 Å². The van der Waals surface area contributed by atoms with Gasteiger partial charge in [0.1, 0.15) is 0 Å². The molecular formula is C26H26N2S4. The average molecular weight is 495 g/mol. The molecule has 1 fully saturated rings. The van der Waals surface area contributed by atoms with Gasteiger partial charge < -0.3 is 0 Å². The Morgan fingerprint density at radius 1 is 0.562 bits per heavy atom. The molecule has 0 spiro atoms. The Morgan fingerprint density at radius 2 is 0.875 bits per heavy atom. The summed E-state index contributed by atoms with van der Waals surface area (Å²) in [6.07, 6.45) is 4.84. The molecule has 0 atom stereocenters. The van der Waals surface area contributed by atoms with Crippen LogP contribution in [0, 0.1) is 0 Å². The number of nitrogens with zero attached hydrogens (tertiary/aromatic N) is 2. The van der Waals surface area contributed by atoms with Gasteiger partial charge in [0.2, 0.25) is 0 Å². The normalized spacial score (nSPS) is 15.0. The molecule has 1 saturated heterocycles. The van der Waals surface area contributed by atoms with Gasteiger partial charge in [0.25, 0.3) is 0 Å². The van der Waals surface area contributed by atoms with E-state index >= 15 is 0 Å². The van der Waals surface area contributed by atoms with Crippen LogP contribution in [0.2, 0.25) is 0 Å². The first-order valence-corrected chi connectivity index (χ1v) is 14.6. The predicted octanol–water partition coefficient (Wildman–Crippen LogP) is 7.11. The van der Waals surface area contributed by atoms with E-state index in [0.717, 1.165) is 39.3 Å². The SMILES string of the molecule is C(CN1CCN(CC=C(c2ccsc2)c2ccsc2)CC1)=C(c1ccsc1)c1ccsc1. The third-order valence-electron chi connectivity index (χ3n) is 5.90. The maximum Gasteiger partial charge on any atom is 0.0173 e. The number of hydrogen-bond acceptors (Lipinski definition) is 6. The summed E-state index contributed by atoms with van der Waals surface area (Å²) >= 11 is 7.08. The fourth-order valence-corrected chi connectivity index (χ4v) is 6.69. The lowest BCUT2D eigenvalue weighted by atomic mass is 10.0. The molecule has 0 saturated carbocycles. The van der Waals surface area contributed by atoms with Crippen molar-refractivity contribution >= 4 is 56.5 Å². The van der Waals surface area contributed by atoms with Crippen LogP contribution in [0.1, 0.15) is 22.3 Å². The third kappa shape index (κ3) is 5.39. The topological polar surface area (TPSA) is 6.48 Å². The van der Waals surface area contributed by atoms with E-state index in [2.05, 4.69) is 89.3 Å². The number of hydrogen-bond donors (Lipinski definition) is 0. The van der Waals surface area contributed by atoms with Gasteiger partial charge in [-0.25, -0.2) is 0 Å². The van der Waals surface area contributed by atoms with E-state index < -0.39 is 0 Å². The lowest BCUT2D eigenvalue weighted by Crippen LogP contribution is -2.46. The minimum atomic E-state index is 1.01. The Hall–Kier alpha value is -1.80. The molecule has 0 unspecified atom stereocenters.